The average Bonchev–Trinajstić information content (AvgIpc) is 2.86. The first-order valence-corrected chi connectivity index (χ1v) is 7.02. The van der Waals surface area contributed by atoms with Gasteiger partial charge in [0.1, 0.15) is 5.75 Å². The molecule has 0 saturated carbocycles. The molecule has 0 spiro atoms. The van der Waals surface area contributed by atoms with Crippen molar-refractivity contribution in [3.05, 3.63) is 52.5 Å². The maximum atomic E-state index is 12.3. The van der Waals surface area contributed by atoms with Crippen molar-refractivity contribution in [2.24, 2.45) is 0 Å². The summed E-state index contributed by atoms with van der Waals surface area (Å²) in [6, 6.07) is 10.1. The molecule has 0 atom stereocenters. The van der Waals surface area contributed by atoms with Crippen LogP contribution in [0.25, 0.3) is 0 Å². The van der Waals surface area contributed by atoms with Crippen LogP contribution in [0.4, 0.5) is 11.4 Å². The number of fused-ring (bicyclic) bond motifs is 1. The zero-order chi connectivity index (χ0) is 15.7. The molecule has 5 nitrogen and oxygen atoms in total. The van der Waals surface area contributed by atoms with E-state index in [1.54, 1.807) is 36.4 Å². The average molecular weight is 317 g/mol. The number of halogens is 1. The Balaban J connectivity index is 1.79. The summed E-state index contributed by atoms with van der Waals surface area (Å²) in [5.41, 5.74) is 2.65. The van der Waals surface area contributed by atoms with Gasteiger partial charge in [-0.05, 0) is 42.0 Å². The van der Waals surface area contributed by atoms with Crippen LogP contribution in [0, 0.1) is 0 Å². The molecular formula is C16H13ClN2O3. The molecule has 0 aliphatic carbocycles. The lowest BCUT2D eigenvalue weighted by Gasteiger charge is -2.09. The highest BCUT2D eigenvalue weighted by Gasteiger charge is 2.19. The fraction of sp³-hybridized carbons (Fsp3) is 0.125. The molecule has 2 amide bonds. The third-order valence-electron chi connectivity index (χ3n) is 3.40. The van der Waals surface area contributed by atoms with Gasteiger partial charge in [0.25, 0.3) is 5.91 Å². The van der Waals surface area contributed by atoms with Gasteiger partial charge in [0, 0.05) is 16.9 Å². The van der Waals surface area contributed by atoms with E-state index >= 15 is 0 Å². The molecule has 0 fully saturated rings. The minimum Gasteiger partial charge on any atom is -0.495 e. The van der Waals surface area contributed by atoms with Crippen LogP contribution in [0.2, 0.25) is 5.02 Å². The first kappa shape index (κ1) is 14.4. The molecule has 1 aliphatic heterocycles. The van der Waals surface area contributed by atoms with Gasteiger partial charge >= 0.3 is 0 Å². The Hall–Kier alpha value is -2.53. The van der Waals surface area contributed by atoms with Crippen molar-refractivity contribution in [1.82, 2.24) is 0 Å². The Labute approximate surface area is 132 Å². The van der Waals surface area contributed by atoms with Crippen molar-refractivity contribution < 1.29 is 14.3 Å². The molecular weight excluding hydrogens is 304 g/mol. The summed E-state index contributed by atoms with van der Waals surface area (Å²) < 4.78 is 5.07. The van der Waals surface area contributed by atoms with E-state index in [0.717, 1.165) is 11.3 Å². The molecule has 2 aromatic carbocycles. The summed E-state index contributed by atoms with van der Waals surface area (Å²) in [5.74, 6) is 0.222. The molecule has 0 unspecified atom stereocenters. The fourth-order valence-electron chi connectivity index (χ4n) is 2.32. The maximum absolute atomic E-state index is 12.3. The Morgan fingerprint density at radius 1 is 1.27 bits per heavy atom. The standard InChI is InChI=1S/C16H13ClN2O3/c1-22-14-5-3-11(8-12(14)17)18-16(21)9-2-4-13-10(6-9)7-15(20)19-13/h2-6,8H,7H2,1H3,(H,18,21)(H,19,20). The number of rotatable bonds is 3. The molecule has 3 rings (SSSR count). The lowest BCUT2D eigenvalue weighted by molar-refractivity contribution is -0.115. The highest BCUT2D eigenvalue weighted by molar-refractivity contribution is 6.32. The molecule has 112 valence electrons. The number of hydrogen-bond acceptors (Lipinski definition) is 3. The van der Waals surface area contributed by atoms with E-state index in [0.29, 0.717) is 28.4 Å². The van der Waals surface area contributed by atoms with Crippen molar-refractivity contribution in [3.8, 4) is 5.75 Å². The summed E-state index contributed by atoms with van der Waals surface area (Å²) >= 11 is 6.03. The van der Waals surface area contributed by atoms with Crippen LogP contribution < -0.4 is 15.4 Å². The van der Waals surface area contributed by atoms with Crippen LogP contribution in [-0.4, -0.2) is 18.9 Å². The van der Waals surface area contributed by atoms with Crippen LogP contribution in [0.15, 0.2) is 36.4 Å². The van der Waals surface area contributed by atoms with E-state index in [1.807, 2.05) is 0 Å². The summed E-state index contributed by atoms with van der Waals surface area (Å²) in [7, 11) is 1.53. The number of nitrogens with one attached hydrogen (secondary N) is 2. The van der Waals surface area contributed by atoms with E-state index in [1.165, 1.54) is 7.11 Å². The van der Waals surface area contributed by atoms with Crippen LogP contribution in [0.5, 0.6) is 5.75 Å². The van der Waals surface area contributed by atoms with Crippen molar-refractivity contribution in [2.75, 3.05) is 17.7 Å². The second-order valence-electron chi connectivity index (χ2n) is 4.90. The number of benzene rings is 2. The smallest absolute Gasteiger partial charge is 0.255 e. The minimum absolute atomic E-state index is 0.0607. The Kier molecular flexibility index (Phi) is 3.73. The van der Waals surface area contributed by atoms with E-state index in [9.17, 15) is 9.59 Å². The quantitative estimate of drug-likeness (QED) is 0.914. The molecule has 1 aliphatic rings. The summed E-state index contributed by atoms with van der Waals surface area (Å²) in [6.45, 7) is 0. The number of carbonyl (C=O) groups is 2. The molecule has 22 heavy (non-hydrogen) atoms. The monoisotopic (exact) mass is 316 g/mol. The van der Waals surface area contributed by atoms with Crippen molar-refractivity contribution >= 4 is 34.8 Å². The zero-order valence-corrected chi connectivity index (χ0v) is 12.5. The van der Waals surface area contributed by atoms with Gasteiger partial charge in [-0.2, -0.15) is 0 Å². The predicted molar refractivity (Wildman–Crippen MR) is 84.7 cm³/mol. The van der Waals surface area contributed by atoms with Crippen LogP contribution in [0.3, 0.4) is 0 Å². The van der Waals surface area contributed by atoms with E-state index in [2.05, 4.69) is 10.6 Å². The van der Waals surface area contributed by atoms with Gasteiger partial charge in [-0.25, -0.2) is 0 Å². The topological polar surface area (TPSA) is 67.4 Å². The summed E-state index contributed by atoms with van der Waals surface area (Å²) in [5, 5.41) is 5.92. The Morgan fingerprint density at radius 3 is 2.82 bits per heavy atom. The Bertz CT molecular complexity index is 774. The number of anilines is 2. The maximum Gasteiger partial charge on any atom is 0.255 e. The van der Waals surface area contributed by atoms with Crippen molar-refractivity contribution in [3.63, 3.8) is 0 Å². The SMILES string of the molecule is COc1ccc(NC(=O)c2ccc3c(c2)CC(=O)N3)cc1Cl. The fourth-order valence-corrected chi connectivity index (χ4v) is 2.58. The molecule has 0 radical (unpaired) electrons. The lowest BCUT2D eigenvalue weighted by atomic mass is 10.1. The van der Waals surface area contributed by atoms with Gasteiger partial charge < -0.3 is 15.4 Å². The first-order chi connectivity index (χ1) is 10.6. The van der Waals surface area contributed by atoms with Gasteiger partial charge in [0.05, 0.1) is 18.6 Å². The number of hydrogen-bond donors (Lipinski definition) is 2. The first-order valence-electron chi connectivity index (χ1n) is 6.64. The largest absolute Gasteiger partial charge is 0.495 e. The van der Waals surface area contributed by atoms with Gasteiger partial charge in [0.2, 0.25) is 5.91 Å². The zero-order valence-electron chi connectivity index (χ0n) is 11.8. The van der Waals surface area contributed by atoms with Crippen LogP contribution in [0.1, 0.15) is 15.9 Å². The van der Waals surface area contributed by atoms with Crippen molar-refractivity contribution in [2.45, 2.75) is 6.42 Å². The molecule has 1 heterocycles. The van der Waals surface area contributed by atoms with Gasteiger partial charge in [-0.3, -0.25) is 9.59 Å². The lowest BCUT2D eigenvalue weighted by Crippen LogP contribution is -2.12. The van der Waals surface area contributed by atoms with Gasteiger partial charge in [-0.1, -0.05) is 11.6 Å². The minimum atomic E-state index is -0.261. The number of amides is 2. The summed E-state index contributed by atoms with van der Waals surface area (Å²) in [6.07, 6.45) is 0.296. The second-order valence-corrected chi connectivity index (χ2v) is 5.31. The highest BCUT2D eigenvalue weighted by Crippen LogP contribution is 2.28. The molecule has 0 saturated heterocycles. The molecule has 0 bridgehead atoms. The normalized spacial score (nSPS) is 12.5. The van der Waals surface area contributed by atoms with Gasteiger partial charge in [-0.15, -0.1) is 0 Å². The van der Waals surface area contributed by atoms with Crippen molar-refractivity contribution in [1.29, 1.82) is 0 Å². The third-order valence-corrected chi connectivity index (χ3v) is 3.70. The molecule has 2 aromatic rings. The van der Waals surface area contributed by atoms with E-state index in [-0.39, 0.29) is 11.8 Å². The molecule has 6 heteroatoms. The summed E-state index contributed by atoms with van der Waals surface area (Å²) in [4.78, 5) is 23.6. The predicted octanol–water partition coefficient (Wildman–Crippen LogP) is 3.10. The molecule has 2 N–H and O–H groups in total. The second kappa shape index (κ2) is 5.69. The van der Waals surface area contributed by atoms with E-state index < -0.39 is 0 Å². The number of methoxy groups -OCH3 is 1. The Morgan fingerprint density at radius 2 is 2.09 bits per heavy atom. The van der Waals surface area contributed by atoms with Crippen LogP contribution in [-0.2, 0) is 11.2 Å². The van der Waals surface area contributed by atoms with E-state index in [4.69, 9.17) is 16.3 Å². The number of ether oxygens (including phenoxy) is 1. The van der Waals surface area contributed by atoms with Gasteiger partial charge in [0.15, 0.2) is 0 Å². The number of carbonyl (C=O) groups excluding carboxylic acids is 2. The highest BCUT2D eigenvalue weighted by atomic mass is 35.5. The molecule has 0 aromatic heterocycles. The third kappa shape index (κ3) is 2.76. The van der Waals surface area contributed by atoms with Crippen LogP contribution >= 0.6 is 11.6 Å².